The van der Waals surface area contributed by atoms with Crippen LogP contribution in [0, 0.1) is 0 Å². The Labute approximate surface area is 92.7 Å². The van der Waals surface area contributed by atoms with E-state index < -0.39 is 5.97 Å². The molecule has 2 aromatic rings. The third-order valence-electron chi connectivity index (χ3n) is 2.60. The average Bonchev–Trinajstić information content (AvgIpc) is 2.58. The highest BCUT2D eigenvalue weighted by Crippen LogP contribution is 2.30. The van der Waals surface area contributed by atoms with Crippen molar-refractivity contribution in [1.82, 2.24) is 4.57 Å². The van der Waals surface area contributed by atoms with Gasteiger partial charge in [-0.2, -0.15) is 0 Å². The van der Waals surface area contributed by atoms with E-state index >= 15 is 0 Å². The van der Waals surface area contributed by atoms with E-state index in [1.54, 1.807) is 16.7 Å². The first-order chi connectivity index (χ1) is 7.52. The van der Waals surface area contributed by atoms with Crippen LogP contribution in [0.1, 0.15) is 30.4 Å². The minimum Gasteiger partial charge on any atom is -0.507 e. The molecule has 0 atom stereocenters. The van der Waals surface area contributed by atoms with Gasteiger partial charge in [0.1, 0.15) is 11.4 Å². The summed E-state index contributed by atoms with van der Waals surface area (Å²) in [5.41, 5.74) is 0.943. The van der Waals surface area contributed by atoms with Crippen LogP contribution in [-0.4, -0.2) is 20.7 Å². The predicted molar refractivity (Wildman–Crippen MR) is 60.9 cm³/mol. The number of aromatic carboxylic acids is 1. The molecule has 1 aromatic heterocycles. The largest absolute Gasteiger partial charge is 0.507 e. The second kappa shape index (κ2) is 3.56. The Kier molecular flexibility index (Phi) is 2.34. The lowest BCUT2D eigenvalue weighted by Crippen LogP contribution is -2.10. The SMILES string of the molecule is CC(C)n1c(C(=O)O)cc2c(O)cccc21. The van der Waals surface area contributed by atoms with Gasteiger partial charge in [0.05, 0.1) is 5.52 Å². The van der Waals surface area contributed by atoms with Gasteiger partial charge < -0.3 is 14.8 Å². The van der Waals surface area contributed by atoms with E-state index in [9.17, 15) is 9.90 Å². The normalized spacial score (nSPS) is 11.2. The van der Waals surface area contributed by atoms with Gasteiger partial charge in [-0.25, -0.2) is 4.79 Å². The number of carboxylic acids is 1. The molecular weight excluding hydrogens is 206 g/mol. The molecule has 84 valence electrons. The number of fused-ring (bicyclic) bond motifs is 1. The second-order valence-corrected chi connectivity index (χ2v) is 4.01. The van der Waals surface area contributed by atoms with Crippen molar-refractivity contribution in [3.8, 4) is 5.75 Å². The fraction of sp³-hybridized carbons (Fsp3) is 0.250. The standard InChI is InChI=1S/C12H13NO3/c1-7(2)13-9-4-3-5-11(14)8(9)6-10(13)12(15)16/h3-7,14H,1-2H3,(H,15,16). The minimum absolute atomic E-state index is 0.0328. The van der Waals surface area contributed by atoms with Gasteiger partial charge >= 0.3 is 5.97 Å². The number of nitrogens with zero attached hydrogens (tertiary/aromatic N) is 1. The maximum Gasteiger partial charge on any atom is 0.352 e. The lowest BCUT2D eigenvalue weighted by Gasteiger charge is -2.12. The number of carbonyl (C=O) groups is 1. The van der Waals surface area contributed by atoms with Crippen LogP contribution in [-0.2, 0) is 0 Å². The summed E-state index contributed by atoms with van der Waals surface area (Å²) in [6.07, 6.45) is 0. The molecule has 0 aliphatic carbocycles. The molecule has 16 heavy (non-hydrogen) atoms. The Morgan fingerprint density at radius 3 is 2.62 bits per heavy atom. The van der Waals surface area contributed by atoms with E-state index in [1.807, 2.05) is 19.9 Å². The van der Waals surface area contributed by atoms with Crippen LogP contribution in [0.15, 0.2) is 24.3 Å². The third-order valence-corrected chi connectivity index (χ3v) is 2.60. The Morgan fingerprint density at radius 2 is 2.06 bits per heavy atom. The van der Waals surface area contributed by atoms with Gasteiger partial charge in [-0.1, -0.05) is 6.07 Å². The molecule has 0 aliphatic rings. The van der Waals surface area contributed by atoms with Gasteiger partial charge in [-0.15, -0.1) is 0 Å². The summed E-state index contributed by atoms with van der Waals surface area (Å²) in [4.78, 5) is 11.1. The van der Waals surface area contributed by atoms with Crippen LogP contribution in [0.4, 0.5) is 0 Å². The fourth-order valence-electron chi connectivity index (χ4n) is 1.96. The minimum atomic E-state index is -0.982. The smallest absolute Gasteiger partial charge is 0.352 e. The first-order valence-electron chi connectivity index (χ1n) is 5.08. The highest BCUT2D eigenvalue weighted by Gasteiger charge is 2.17. The Balaban J connectivity index is 2.86. The van der Waals surface area contributed by atoms with Crippen LogP contribution in [0.5, 0.6) is 5.75 Å². The molecule has 1 heterocycles. The Bertz CT molecular complexity index is 555. The number of rotatable bonds is 2. The summed E-state index contributed by atoms with van der Waals surface area (Å²) in [5, 5.41) is 19.3. The summed E-state index contributed by atoms with van der Waals surface area (Å²) < 4.78 is 1.71. The molecule has 0 saturated heterocycles. The van der Waals surface area contributed by atoms with Crippen LogP contribution < -0.4 is 0 Å². The van der Waals surface area contributed by atoms with Crippen molar-refractivity contribution in [2.24, 2.45) is 0 Å². The van der Waals surface area contributed by atoms with Gasteiger partial charge in [0.15, 0.2) is 0 Å². The molecular formula is C12H13NO3. The van der Waals surface area contributed by atoms with E-state index in [1.165, 1.54) is 6.07 Å². The van der Waals surface area contributed by atoms with Crippen molar-refractivity contribution >= 4 is 16.9 Å². The number of hydrogen-bond acceptors (Lipinski definition) is 2. The average molecular weight is 219 g/mol. The monoisotopic (exact) mass is 219 g/mol. The quantitative estimate of drug-likeness (QED) is 0.816. The molecule has 0 unspecified atom stereocenters. The summed E-state index contributed by atoms with van der Waals surface area (Å²) in [6, 6.07) is 6.61. The molecule has 1 aromatic carbocycles. The summed E-state index contributed by atoms with van der Waals surface area (Å²) in [5.74, 6) is -0.872. The van der Waals surface area contributed by atoms with Gasteiger partial charge in [0, 0.05) is 11.4 Å². The molecule has 0 bridgehead atoms. The number of carboxylic acid groups (broad SMARTS) is 1. The Morgan fingerprint density at radius 1 is 1.38 bits per heavy atom. The summed E-state index contributed by atoms with van der Waals surface area (Å²) >= 11 is 0. The molecule has 0 amide bonds. The fourth-order valence-corrected chi connectivity index (χ4v) is 1.96. The van der Waals surface area contributed by atoms with Crippen molar-refractivity contribution in [3.05, 3.63) is 30.0 Å². The highest BCUT2D eigenvalue weighted by molar-refractivity contribution is 5.97. The van der Waals surface area contributed by atoms with Gasteiger partial charge in [-0.05, 0) is 32.0 Å². The van der Waals surface area contributed by atoms with E-state index in [0.717, 1.165) is 5.52 Å². The number of hydrogen-bond donors (Lipinski definition) is 2. The van der Waals surface area contributed by atoms with Gasteiger partial charge in [-0.3, -0.25) is 0 Å². The van der Waals surface area contributed by atoms with Gasteiger partial charge in [0.2, 0.25) is 0 Å². The maximum atomic E-state index is 11.1. The van der Waals surface area contributed by atoms with Crippen molar-refractivity contribution in [1.29, 1.82) is 0 Å². The first-order valence-corrected chi connectivity index (χ1v) is 5.08. The van der Waals surface area contributed by atoms with E-state index in [0.29, 0.717) is 5.39 Å². The van der Waals surface area contributed by atoms with Crippen LogP contribution in [0.3, 0.4) is 0 Å². The lowest BCUT2D eigenvalue weighted by atomic mass is 10.2. The van der Waals surface area contributed by atoms with Crippen molar-refractivity contribution in [3.63, 3.8) is 0 Å². The van der Waals surface area contributed by atoms with Crippen molar-refractivity contribution in [2.75, 3.05) is 0 Å². The van der Waals surface area contributed by atoms with Crippen LogP contribution in [0.25, 0.3) is 10.9 Å². The highest BCUT2D eigenvalue weighted by atomic mass is 16.4. The van der Waals surface area contributed by atoms with E-state index in [4.69, 9.17) is 5.11 Å². The topological polar surface area (TPSA) is 62.5 Å². The first kappa shape index (κ1) is 10.5. The molecule has 0 spiro atoms. The molecule has 2 N–H and O–H groups in total. The van der Waals surface area contributed by atoms with E-state index in [-0.39, 0.29) is 17.5 Å². The molecule has 0 fully saturated rings. The number of phenols is 1. The summed E-state index contributed by atoms with van der Waals surface area (Å²) in [7, 11) is 0. The van der Waals surface area contributed by atoms with Gasteiger partial charge in [0.25, 0.3) is 0 Å². The van der Waals surface area contributed by atoms with Crippen molar-refractivity contribution in [2.45, 2.75) is 19.9 Å². The lowest BCUT2D eigenvalue weighted by molar-refractivity contribution is 0.0684. The van der Waals surface area contributed by atoms with Crippen molar-refractivity contribution < 1.29 is 15.0 Å². The molecule has 0 aliphatic heterocycles. The Hall–Kier alpha value is -1.97. The number of benzene rings is 1. The number of aromatic nitrogens is 1. The zero-order valence-corrected chi connectivity index (χ0v) is 9.14. The second-order valence-electron chi connectivity index (χ2n) is 4.01. The zero-order chi connectivity index (χ0) is 11.9. The molecule has 0 radical (unpaired) electrons. The molecule has 0 saturated carbocycles. The third kappa shape index (κ3) is 1.43. The van der Waals surface area contributed by atoms with Crippen LogP contribution in [0.2, 0.25) is 0 Å². The molecule has 2 rings (SSSR count). The maximum absolute atomic E-state index is 11.1. The predicted octanol–water partition coefficient (Wildman–Crippen LogP) is 2.63. The van der Waals surface area contributed by atoms with Crippen LogP contribution >= 0.6 is 0 Å². The number of phenolic OH excluding ortho intramolecular Hbond substituents is 1. The zero-order valence-electron chi connectivity index (χ0n) is 9.14. The van der Waals surface area contributed by atoms with E-state index in [2.05, 4.69) is 0 Å². The molecule has 4 nitrogen and oxygen atoms in total. The summed E-state index contributed by atoms with van der Waals surface area (Å²) in [6.45, 7) is 3.83. The molecule has 4 heteroatoms. The number of aromatic hydroxyl groups is 1.